The predicted molar refractivity (Wildman–Crippen MR) is 178 cm³/mol. The van der Waals surface area contributed by atoms with Crippen LogP contribution in [0.15, 0.2) is 0 Å². The van der Waals surface area contributed by atoms with Gasteiger partial charge in [0.15, 0.2) is 5.41 Å². The van der Waals surface area contributed by atoms with Gasteiger partial charge in [-0.3, -0.25) is 29.0 Å². The molecule has 0 aromatic rings. The monoisotopic (exact) mass is 760 g/mol. The average Bonchev–Trinajstić information content (AvgIpc) is 3.46. The van der Waals surface area contributed by atoms with Gasteiger partial charge in [-0.25, -0.2) is 0 Å². The molecule has 53 heavy (non-hydrogen) atoms. The lowest BCUT2D eigenvalue weighted by Gasteiger charge is -2.52. The quantitative estimate of drug-likeness (QED) is 0.195. The molecule has 2 aliphatic heterocycles. The Labute approximate surface area is 307 Å². The van der Waals surface area contributed by atoms with Crippen molar-refractivity contribution in [1.82, 2.24) is 9.80 Å². The fourth-order valence-electron chi connectivity index (χ4n) is 12.0. The molecule has 8 nitrogen and oxygen atoms in total. The molecule has 0 spiro atoms. The minimum absolute atomic E-state index is 0.0159. The fourth-order valence-corrected chi connectivity index (χ4v) is 12.0. The Morgan fingerprint density at radius 1 is 0.509 bits per heavy atom. The summed E-state index contributed by atoms with van der Waals surface area (Å²) in [5.74, 6) is -10.3. The molecule has 0 radical (unpaired) electrons. The van der Waals surface area contributed by atoms with Crippen LogP contribution in [-0.4, -0.2) is 83.3 Å². The third-order valence-electron chi connectivity index (χ3n) is 14.5. The summed E-state index contributed by atoms with van der Waals surface area (Å²) in [6.07, 6.45) is -3.76. The van der Waals surface area contributed by atoms with Gasteiger partial charge in [0.2, 0.25) is 23.6 Å². The van der Waals surface area contributed by atoms with E-state index in [1.165, 1.54) is 19.9 Å². The zero-order chi connectivity index (χ0) is 38.0. The van der Waals surface area contributed by atoms with E-state index in [2.05, 4.69) is 6.92 Å². The number of hydrogen-bond acceptors (Lipinski definition) is 6. The second kappa shape index (κ2) is 14.7. The van der Waals surface area contributed by atoms with Crippen molar-refractivity contribution in [2.75, 3.05) is 7.05 Å². The first-order valence-electron chi connectivity index (χ1n) is 20.1. The van der Waals surface area contributed by atoms with E-state index < -0.39 is 109 Å². The van der Waals surface area contributed by atoms with Crippen LogP contribution < -0.4 is 0 Å². The maximum Gasteiger partial charge on any atom is 0.403 e. The van der Waals surface area contributed by atoms with Crippen molar-refractivity contribution in [2.45, 2.75) is 165 Å². The summed E-state index contributed by atoms with van der Waals surface area (Å²) in [6.45, 7) is 2.26. The number of rotatable bonds is 7. The van der Waals surface area contributed by atoms with Crippen molar-refractivity contribution in [3.8, 4) is 0 Å². The molecule has 5 saturated carbocycles. The number of ether oxygens (including phenoxy) is 2. The molecular formula is C39H54F6N2O6. The third-order valence-corrected chi connectivity index (χ3v) is 14.5. The Bertz CT molecular complexity index is 1410. The highest BCUT2D eigenvalue weighted by Gasteiger charge is 2.78. The summed E-state index contributed by atoms with van der Waals surface area (Å²) in [6, 6.07) is -0.523. The van der Waals surface area contributed by atoms with Crippen molar-refractivity contribution in [2.24, 2.45) is 46.8 Å². The van der Waals surface area contributed by atoms with E-state index >= 15 is 26.3 Å². The predicted octanol–water partition coefficient (Wildman–Crippen LogP) is 7.76. The maximum absolute atomic E-state index is 15.2. The maximum atomic E-state index is 15.2. The molecule has 298 valence electrons. The average molecular weight is 761 g/mol. The number of fused-ring (bicyclic) bond motifs is 2. The molecule has 4 amide bonds. The third kappa shape index (κ3) is 6.96. The minimum atomic E-state index is -5.74. The van der Waals surface area contributed by atoms with Gasteiger partial charge in [0.1, 0.15) is 0 Å². The Morgan fingerprint density at radius 2 is 0.943 bits per heavy atom. The van der Waals surface area contributed by atoms with E-state index in [0.29, 0.717) is 25.2 Å². The molecule has 0 bridgehead atoms. The van der Waals surface area contributed by atoms with Gasteiger partial charge < -0.3 is 9.47 Å². The molecule has 7 aliphatic rings. The van der Waals surface area contributed by atoms with Crippen molar-refractivity contribution >= 4 is 23.6 Å². The molecule has 5 aliphatic carbocycles. The number of imide groups is 2. The summed E-state index contributed by atoms with van der Waals surface area (Å²) >= 11 is 0. The summed E-state index contributed by atoms with van der Waals surface area (Å²) in [5, 5.41) is 0. The molecule has 0 aromatic carbocycles. The molecule has 2 heterocycles. The highest BCUT2D eigenvalue weighted by Crippen LogP contribution is 2.67. The van der Waals surface area contributed by atoms with Crippen LogP contribution in [0.5, 0.6) is 0 Å². The van der Waals surface area contributed by atoms with E-state index in [-0.39, 0.29) is 37.3 Å². The van der Waals surface area contributed by atoms with Crippen LogP contribution in [0.25, 0.3) is 0 Å². The lowest BCUT2D eigenvalue weighted by atomic mass is 9.54. The zero-order valence-corrected chi connectivity index (χ0v) is 30.8. The number of halogens is 6. The largest absolute Gasteiger partial charge is 0.403 e. The van der Waals surface area contributed by atoms with Crippen LogP contribution >= 0.6 is 0 Å². The first-order valence-corrected chi connectivity index (χ1v) is 20.1. The van der Waals surface area contributed by atoms with E-state index in [1.54, 1.807) is 0 Å². The first kappa shape index (κ1) is 39.0. The van der Waals surface area contributed by atoms with Gasteiger partial charge in [-0.05, 0) is 120 Å². The number of hydrogen-bond donors (Lipinski definition) is 0. The van der Waals surface area contributed by atoms with E-state index in [4.69, 9.17) is 9.47 Å². The van der Waals surface area contributed by atoms with E-state index in [0.717, 1.165) is 54.7 Å². The van der Waals surface area contributed by atoms with E-state index in [1.807, 2.05) is 0 Å². The second-order valence-electron chi connectivity index (χ2n) is 17.6. The van der Waals surface area contributed by atoms with Gasteiger partial charge in [0, 0.05) is 13.1 Å². The summed E-state index contributed by atoms with van der Waals surface area (Å²) in [5.41, 5.74) is -4.18. The second-order valence-corrected chi connectivity index (χ2v) is 17.6. The van der Waals surface area contributed by atoms with Crippen LogP contribution in [0.4, 0.5) is 26.3 Å². The lowest BCUT2D eigenvalue weighted by Crippen LogP contribution is -2.61. The van der Waals surface area contributed by atoms with Crippen molar-refractivity contribution < 1.29 is 55.0 Å². The first-order chi connectivity index (χ1) is 25.0. The molecule has 2 saturated heterocycles. The van der Waals surface area contributed by atoms with Gasteiger partial charge >= 0.3 is 12.4 Å². The molecule has 7 fully saturated rings. The Balaban J connectivity index is 1.04. The van der Waals surface area contributed by atoms with Crippen molar-refractivity contribution in [1.29, 1.82) is 0 Å². The van der Waals surface area contributed by atoms with Gasteiger partial charge in [-0.15, -0.1) is 0 Å². The van der Waals surface area contributed by atoms with Crippen molar-refractivity contribution in [3.63, 3.8) is 0 Å². The summed E-state index contributed by atoms with van der Waals surface area (Å²) in [4.78, 5) is 55.1. The smallest absolute Gasteiger partial charge is 0.375 e. The molecule has 12 atom stereocenters. The molecule has 0 aromatic heterocycles. The van der Waals surface area contributed by atoms with Crippen LogP contribution in [0.3, 0.4) is 0 Å². The normalized spacial score (nSPS) is 40.5. The van der Waals surface area contributed by atoms with Gasteiger partial charge in [0.05, 0.1) is 48.1 Å². The minimum Gasteiger partial charge on any atom is -0.375 e. The number of carbonyl (C=O) groups excluding carboxylic acids is 4. The highest BCUT2D eigenvalue weighted by atomic mass is 19.4. The van der Waals surface area contributed by atoms with E-state index in [9.17, 15) is 19.2 Å². The number of carbonyl (C=O) groups is 4. The number of nitrogens with zero attached hydrogens (tertiary/aromatic N) is 2. The molecule has 14 heteroatoms. The molecule has 12 unspecified atom stereocenters. The zero-order valence-electron chi connectivity index (χ0n) is 30.8. The number of amides is 4. The summed E-state index contributed by atoms with van der Waals surface area (Å²) < 4.78 is 105. The molecular weight excluding hydrogens is 706 g/mol. The number of likely N-dealkylation sites (tertiary alicyclic amines) is 2. The lowest BCUT2D eigenvalue weighted by molar-refractivity contribution is -0.383. The fraction of sp³-hybridized carbons (Fsp3) is 0.897. The van der Waals surface area contributed by atoms with Gasteiger partial charge in [0.25, 0.3) is 0 Å². The van der Waals surface area contributed by atoms with Crippen LogP contribution in [0.1, 0.15) is 122 Å². The van der Waals surface area contributed by atoms with Crippen LogP contribution in [0.2, 0.25) is 0 Å². The Kier molecular flexibility index (Phi) is 10.8. The van der Waals surface area contributed by atoms with Gasteiger partial charge in [-0.2, -0.15) is 26.3 Å². The van der Waals surface area contributed by atoms with Crippen molar-refractivity contribution in [3.05, 3.63) is 0 Å². The number of alkyl halides is 6. The molecule has 7 rings (SSSR count). The van der Waals surface area contributed by atoms with Crippen LogP contribution in [0, 0.1) is 46.8 Å². The standard InChI is InChI=1S/C39H54F6N2O6/c1-21-6-3-8-25(16-21)52-27-10-5-11-28(20-27)53-26-9-4-7-24(19-26)47-35(50)30-15-13-23(18-32(30)36(47)51)37(38(40,41)42,39(43,44)45)22-12-14-29-31(17-22)34(49)46(2)33(29)48/h21-32H,3-20H2,1-2H3. The summed E-state index contributed by atoms with van der Waals surface area (Å²) in [7, 11) is 1.20. The van der Waals surface area contributed by atoms with Crippen LogP contribution in [-0.2, 0) is 28.7 Å². The Hall–Kier alpha value is -2.22. The topological polar surface area (TPSA) is 93.2 Å². The molecule has 0 N–H and O–H groups in total. The Morgan fingerprint density at radius 3 is 1.49 bits per heavy atom. The SMILES string of the molecule is CC1CCCC(OC2CCCC(OC3CCCC(N4C(=O)C5CCC(C(C6CCC7C(=O)N(C)C(=O)C7C6)(C(F)(F)F)C(F)(F)F)CC5C4=O)C3)C2)C1. The van der Waals surface area contributed by atoms with Gasteiger partial charge in [-0.1, -0.05) is 19.8 Å². The highest BCUT2D eigenvalue weighted by molar-refractivity contribution is 6.06.